The molecule has 24 heavy (non-hydrogen) atoms. The van der Waals surface area contributed by atoms with Crippen molar-refractivity contribution < 1.29 is 0 Å². The van der Waals surface area contributed by atoms with Crippen LogP contribution in [0.4, 0.5) is 0 Å². The summed E-state index contributed by atoms with van der Waals surface area (Å²) in [7, 11) is 0. The maximum absolute atomic E-state index is 3.78. The van der Waals surface area contributed by atoms with E-state index in [1.165, 1.54) is 0 Å². The Balaban J connectivity index is 0.000000160. The third-order valence-electron chi connectivity index (χ3n) is 3.44. The van der Waals surface area contributed by atoms with Crippen LogP contribution in [0.2, 0.25) is 0 Å². The molecule has 0 spiro atoms. The van der Waals surface area contributed by atoms with E-state index in [9.17, 15) is 0 Å². The normalized spacial score (nSPS) is 20.0. The van der Waals surface area contributed by atoms with E-state index in [4.69, 9.17) is 0 Å². The second-order valence-electron chi connectivity index (χ2n) is 5.52. The zero-order valence-corrected chi connectivity index (χ0v) is 14.8. The van der Waals surface area contributed by atoms with Gasteiger partial charge in [0.1, 0.15) is 0 Å². The third kappa shape index (κ3) is 15.8. The SMILES string of the molecule is C1CNCCN1.C1CNCCN1.C1CNCCN1.c1ccncc1. The van der Waals surface area contributed by atoms with Crippen LogP contribution in [0.3, 0.4) is 0 Å². The number of hydrogen-bond donors (Lipinski definition) is 6. The molecule has 1 aromatic heterocycles. The first-order valence-electron chi connectivity index (χ1n) is 9.09. The summed E-state index contributed by atoms with van der Waals surface area (Å²) < 4.78 is 0. The van der Waals surface area contributed by atoms with Gasteiger partial charge in [-0.3, -0.25) is 4.98 Å². The zero-order valence-electron chi connectivity index (χ0n) is 14.8. The van der Waals surface area contributed by atoms with Gasteiger partial charge in [0.05, 0.1) is 0 Å². The fraction of sp³-hybridized carbons (Fsp3) is 0.706. The van der Waals surface area contributed by atoms with E-state index in [0.717, 1.165) is 78.5 Å². The minimum atomic E-state index is 1.14. The maximum atomic E-state index is 3.78. The molecule has 7 heteroatoms. The van der Waals surface area contributed by atoms with Crippen molar-refractivity contribution in [3.8, 4) is 0 Å². The Morgan fingerprint density at radius 3 is 0.708 bits per heavy atom. The Morgan fingerprint density at radius 1 is 0.375 bits per heavy atom. The molecule has 7 nitrogen and oxygen atoms in total. The molecule has 4 rings (SSSR count). The fourth-order valence-electron chi connectivity index (χ4n) is 2.12. The molecule has 3 aliphatic heterocycles. The average Bonchev–Trinajstić information content (AvgIpc) is 2.75. The molecule has 0 unspecified atom stereocenters. The van der Waals surface area contributed by atoms with Crippen molar-refractivity contribution in [2.45, 2.75) is 0 Å². The third-order valence-corrected chi connectivity index (χ3v) is 3.44. The van der Waals surface area contributed by atoms with Gasteiger partial charge in [0.25, 0.3) is 0 Å². The Kier molecular flexibility index (Phi) is 15.9. The summed E-state index contributed by atoms with van der Waals surface area (Å²) in [4.78, 5) is 3.78. The largest absolute Gasteiger partial charge is 0.314 e. The van der Waals surface area contributed by atoms with E-state index in [1.54, 1.807) is 12.4 Å². The van der Waals surface area contributed by atoms with Crippen molar-refractivity contribution in [1.82, 2.24) is 36.9 Å². The molecule has 3 fully saturated rings. The van der Waals surface area contributed by atoms with Gasteiger partial charge in [0, 0.05) is 90.9 Å². The van der Waals surface area contributed by atoms with Crippen LogP contribution in [0.1, 0.15) is 0 Å². The molecule has 0 radical (unpaired) electrons. The van der Waals surface area contributed by atoms with Gasteiger partial charge in [-0.25, -0.2) is 0 Å². The highest BCUT2D eigenvalue weighted by Gasteiger charge is 1.92. The first-order valence-corrected chi connectivity index (χ1v) is 9.09. The predicted molar refractivity (Wildman–Crippen MR) is 101 cm³/mol. The van der Waals surface area contributed by atoms with Crippen LogP contribution in [0, 0.1) is 0 Å². The smallest absolute Gasteiger partial charge is 0.0267 e. The minimum absolute atomic E-state index is 1.14. The van der Waals surface area contributed by atoms with Gasteiger partial charge in [0.15, 0.2) is 0 Å². The van der Waals surface area contributed by atoms with Crippen molar-refractivity contribution >= 4 is 0 Å². The summed E-state index contributed by atoms with van der Waals surface area (Å²) in [6.07, 6.45) is 3.50. The summed E-state index contributed by atoms with van der Waals surface area (Å²) in [5.41, 5.74) is 0. The quantitative estimate of drug-likeness (QED) is 0.348. The second-order valence-corrected chi connectivity index (χ2v) is 5.52. The molecule has 0 amide bonds. The van der Waals surface area contributed by atoms with Crippen molar-refractivity contribution in [3.63, 3.8) is 0 Å². The highest BCUT2D eigenvalue weighted by molar-refractivity contribution is 4.88. The summed E-state index contributed by atoms with van der Waals surface area (Å²) in [5.74, 6) is 0. The van der Waals surface area contributed by atoms with Crippen LogP contribution in [-0.4, -0.2) is 83.5 Å². The van der Waals surface area contributed by atoms with Crippen molar-refractivity contribution in [2.24, 2.45) is 0 Å². The Morgan fingerprint density at radius 2 is 0.625 bits per heavy atom. The molecule has 1 aromatic rings. The summed E-state index contributed by atoms with van der Waals surface area (Å²) >= 11 is 0. The van der Waals surface area contributed by atoms with Gasteiger partial charge in [-0.15, -0.1) is 0 Å². The van der Waals surface area contributed by atoms with Crippen molar-refractivity contribution in [1.29, 1.82) is 0 Å². The maximum Gasteiger partial charge on any atom is 0.0267 e. The minimum Gasteiger partial charge on any atom is -0.314 e. The van der Waals surface area contributed by atoms with Gasteiger partial charge >= 0.3 is 0 Å². The lowest BCUT2D eigenvalue weighted by Crippen LogP contribution is -2.39. The monoisotopic (exact) mass is 337 g/mol. The van der Waals surface area contributed by atoms with E-state index in [1.807, 2.05) is 18.2 Å². The van der Waals surface area contributed by atoms with Crippen LogP contribution in [-0.2, 0) is 0 Å². The van der Waals surface area contributed by atoms with Crippen LogP contribution in [0.15, 0.2) is 30.6 Å². The summed E-state index contributed by atoms with van der Waals surface area (Å²) in [5, 5.41) is 19.3. The van der Waals surface area contributed by atoms with Gasteiger partial charge in [-0.1, -0.05) is 6.07 Å². The van der Waals surface area contributed by atoms with Gasteiger partial charge in [-0.05, 0) is 12.1 Å². The lowest BCUT2D eigenvalue weighted by Gasteiger charge is -2.11. The molecule has 138 valence electrons. The highest BCUT2D eigenvalue weighted by atomic mass is 15.0. The molecule has 0 aliphatic carbocycles. The van der Waals surface area contributed by atoms with E-state index in [2.05, 4.69) is 36.9 Å². The van der Waals surface area contributed by atoms with E-state index in [-0.39, 0.29) is 0 Å². The summed E-state index contributed by atoms with van der Waals surface area (Å²) in [6.45, 7) is 13.7. The van der Waals surface area contributed by atoms with Gasteiger partial charge in [-0.2, -0.15) is 0 Å². The van der Waals surface area contributed by atoms with E-state index < -0.39 is 0 Å². The number of nitrogens with zero attached hydrogens (tertiary/aromatic N) is 1. The van der Waals surface area contributed by atoms with Crippen LogP contribution >= 0.6 is 0 Å². The number of nitrogens with one attached hydrogen (secondary N) is 6. The Labute approximate surface area is 146 Å². The Bertz CT molecular complexity index is 235. The molecule has 0 aromatic carbocycles. The molecule has 3 aliphatic rings. The number of rotatable bonds is 0. The standard InChI is InChI=1S/C5H5N.3C4H10N2/c1-2-4-6-5-3-1;3*1-2-6-4-3-5-1/h1-5H;3*5-6H,1-4H2. The summed E-state index contributed by atoms with van der Waals surface area (Å²) in [6, 6.07) is 5.72. The van der Waals surface area contributed by atoms with Gasteiger partial charge < -0.3 is 31.9 Å². The fourth-order valence-corrected chi connectivity index (χ4v) is 2.12. The number of aromatic nitrogens is 1. The molecule has 0 saturated carbocycles. The molecule has 3 saturated heterocycles. The number of piperazine rings is 3. The topological polar surface area (TPSA) is 85.1 Å². The zero-order chi connectivity index (χ0) is 17.0. The van der Waals surface area contributed by atoms with Crippen LogP contribution in [0.5, 0.6) is 0 Å². The second kappa shape index (κ2) is 18.3. The first-order chi connectivity index (χ1) is 12.0. The molecular weight excluding hydrogens is 302 g/mol. The lowest BCUT2D eigenvalue weighted by molar-refractivity contribution is 0.534. The van der Waals surface area contributed by atoms with E-state index in [0.29, 0.717) is 0 Å². The molecular formula is C17H35N7. The first kappa shape index (κ1) is 21.0. The average molecular weight is 338 g/mol. The molecule has 0 atom stereocenters. The number of hydrogen-bond acceptors (Lipinski definition) is 7. The van der Waals surface area contributed by atoms with Crippen LogP contribution < -0.4 is 31.9 Å². The molecule has 4 heterocycles. The van der Waals surface area contributed by atoms with Crippen LogP contribution in [0.25, 0.3) is 0 Å². The molecule has 0 bridgehead atoms. The predicted octanol–water partition coefficient (Wildman–Crippen LogP) is -1.38. The molecule has 6 N–H and O–H groups in total. The highest BCUT2D eigenvalue weighted by Crippen LogP contribution is 1.73. The van der Waals surface area contributed by atoms with Crippen molar-refractivity contribution in [2.75, 3.05) is 78.5 Å². The Hall–Kier alpha value is -1.09. The lowest BCUT2D eigenvalue weighted by atomic mass is 10.4. The number of pyridine rings is 1. The van der Waals surface area contributed by atoms with Gasteiger partial charge in [0.2, 0.25) is 0 Å². The van der Waals surface area contributed by atoms with Crippen molar-refractivity contribution in [3.05, 3.63) is 30.6 Å². The van der Waals surface area contributed by atoms with E-state index >= 15 is 0 Å².